The van der Waals surface area contributed by atoms with Crippen LogP contribution in [0, 0.1) is 11.3 Å². The van der Waals surface area contributed by atoms with Crippen LogP contribution in [0.2, 0.25) is 5.02 Å². The van der Waals surface area contributed by atoms with Gasteiger partial charge < -0.3 is 0 Å². The maximum absolute atomic E-state index is 9.49. The standard InChI is InChI=1S/C18H14ClNS/c1-21-18-10-16(12-6-8-13(19)9-7-12)14-4-2-3-5-15(14)17(18)11-20/h3,5-10H,2,4H2,1H3. The Hall–Kier alpha value is -1.69. The van der Waals surface area contributed by atoms with Crippen LogP contribution in [0.15, 0.2) is 41.3 Å². The molecular weight excluding hydrogens is 298 g/mol. The minimum absolute atomic E-state index is 0.742. The van der Waals surface area contributed by atoms with Gasteiger partial charge in [-0.05, 0) is 59.6 Å². The van der Waals surface area contributed by atoms with Crippen LogP contribution in [-0.2, 0) is 6.42 Å². The topological polar surface area (TPSA) is 23.8 Å². The van der Waals surface area contributed by atoms with Crippen LogP contribution >= 0.6 is 23.4 Å². The Bertz CT molecular complexity index is 754. The fraction of sp³-hybridized carbons (Fsp3) is 0.167. The Balaban J connectivity index is 2.28. The van der Waals surface area contributed by atoms with Gasteiger partial charge in [0.05, 0.1) is 5.56 Å². The molecule has 3 heteroatoms. The largest absolute Gasteiger partial charge is 0.192 e. The summed E-state index contributed by atoms with van der Waals surface area (Å²) in [5.41, 5.74) is 5.53. The highest BCUT2D eigenvalue weighted by Crippen LogP contribution is 2.38. The van der Waals surface area contributed by atoms with Crippen molar-refractivity contribution in [2.75, 3.05) is 6.26 Å². The Labute approximate surface area is 134 Å². The van der Waals surface area contributed by atoms with E-state index in [1.165, 1.54) is 11.1 Å². The van der Waals surface area contributed by atoms with E-state index in [0.29, 0.717) is 0 Å². The molecule has 0 N–H and O–H groups in total. The predicted octanol–water partition coefficient (Wildman–Crippen LogP) is 5.56. The van der Waals surface area contributed by atoms with Crippen LogP contribution in [0.4, 0.5) is 0 Å². The van der Waals surface area contributed by atoms with E-state index in [1.807, 2.05) is 30.5 Å². The number of fused-ring (bicyclic) bond motifs is 1. The van der Waals surface area contributed by atoms with E-state index in [2.05, 4.69) is 24.3 Å². The third kappa shape index (κ3) is 2.60. The van der Waals surface area contributed by atoms with Gasteiger partial charge in [-0.3, -0.25) is 0 Å². The summed E-state index contributed by atoms with van der Waals surface area (Å²) in [6, 6.07) is 12.4. The van der Waals surface area contributed by atoms with Gasteiger partial charge in [-0.25, -0.2) is 0 Å². The number of allylic oxidation sites excluding steroid dienone is 1. The molecule has 3 rings (SSSR count). The van der Waals surface area contributed by atoms with Crippen LogP contribution in [0.5, 0.6) is 0 Å². The molecule has 0 aliphatic heterocycles. The summed E-state index contributed by atoms with van der Waals surface area (Å²) in [6.45, 7) is 0. The molecule has 0 atom stereocenters. The summed E-state index contributed by atoms with van der Waals surface area (Å²) < 4.78 is 0. The maximum atomic E-state index is 9.49. The van der Waals surface area contributed by atoms with Gasteiger partial charge in [-0.1, -0.05) is 35.9 Å². The van der Waals surface area contributed by atoms with Crippen molar-refractivity contribution in [1.29, 1.82) is 5.26 Å². The summed E-state index contributed by atoms with van der Waals surface area (Å²) in [5, 5.41) is 10.2. The van der Waals surface area contributed by atoms with Crippen LogP contribution in [0.1, 0.15) is 23.1 Å². The van der Waals surface area contributed by atoms with Gasteiger partial charge in [0.1, 0.15) is 6.07 Å². The number of nitrogens with zero attached hydrogens (tertiary/aromatic N) is 1. The number of rotatable bonds is 2. The van der Waals surface area contributed by atoms with Gasteiger partial charge in [-0.2, -0.15) is 5.26 Å². The van der Waals surface area contributed by atoms with Crippen LogP contribution < -0.4 is 0 Å². The van der Waals surface area contributed by atoms with E-state index >= 15 is 0 Å². The molecule has 0 saturated carbocycles. The monoisotopic (exact) mass is 311 g/mol. The lowest BCUT2D eigenvalue weighted by atomic mass is 9.87. The van der Waals surface area contributed by atoms with Crippen molar-refractivity contribution in [2.45, 2.75) is 17.7 Å². The second kappa shape index (κ2) is 5.97. The smallest absolute Gasteiger partial charge is 0.101 e. The zero-order valence-corrected chi connectivity index (χ0v) is 13.3. The number of benzene rings is 2. The average molecular weight is 312 g/mol. The average Bonchev–Trinajstić information content (AvgIpc) is 2.54. The first-order chi connectivity index (χ1) is 10.2. The van der Waals surface area contributed by atoms with E-state index in [9.17, 15) is 5.26 Å². The molecule has 0 radical (unpaired) electrons. The maximum Gasteiger partial charge on any atom is 0.101 e. The van der Waals surface area contributed by atoms with Gasteiger partial charge in [-0.15, -0.1) is 11.8 Å². The van der Waals surface area contributed by atoms with E-state index < -0.39 is 0 Å². The molecular formula is C18H14ClNS. The molecule has 0 amide bonds. The van der Waals surface area contributed by atoms with Crippen LogP contribution in [-0.4, -0.2) is 6.26 Å². The summed E-state index contributed by atoms with van der Waals surface area (Å²) in [4.78, 5) is 1.03. The van der Waals surface area contributed by atoms with E-state index in [4.69, 9.17) is 11.6 Å². The Morgan fingerprint density at radius 1 is 1.24 bits per heavy atom. The molecule has 0 spiro atoms. The van der Waals surface area contributed by atoms with E-state index in [1.54, 1.807) is 11.8 Å². The third-order valence-corrected chi connectivity index (χ3v) is 4.79. The minimum atomic E-state index is 0.742. The Kier molecular flexibility index (Phi) is 4.05. The molecule has 21 heavy (non-hydrogen) atoms. The van der Waals surface area contributed by atoms with E-state index in [0.717, 1.165) is 39.5 Å². The van der Waals surface area contributed by atoms with Crippen LogP contribution in [0.25, 0.3) is 17.2 Å². The molecule has 0 heterocycles. The SMILES string of the molecule is CSc1cc(-c2ccc(Cl)cc2)c2c(c1C#N)C=CCC2. The zero-order valence-electron chi connectivity index (χ0n) is 11.7. The molecule has 2 aromatic carbocycles. The fourth-order valence-electron chi connectivity index (χ4n) is 2.76. The first-order valence-corrected chi connectivity index (χ1v) is 8.41. The number of halogens is 1. The Morgan fingerprint density at radius 3 is 2.67 bits per heavy atom. The van der Waals surface area contributed by atoms with Crippen LogP contribution in [0.3, 0.4) is 0 Å². The minimum Gasteiger partial charge on any atom is -0.192 e. The van der Waals surface area contributed by atoms with Gasteiger partial charge in [0.2, 0.25) is 0 Å². The van der Waals surface area contributed by atoms with Crippen molar-refractivity contribution in [3.63, 3.8) is 0 Å². The van der Waals surface area contributed by atoms with Crippen molar-refractivity contribution in [3.8, 4) is 17.2 Å². The quantitative estimate of drug-likeness (QED) is 0.678. The summed E-state index contributed by atoms with van der Waals surface area (Å²) in [5.74, 6) is 0. The summed E-state index contributed by atoms with van der Waals surface area (Å²) in [7, 11) is 0. The summed E-state index contributed by atoms with van der Waals surface area (Å²) >= 11 is 7.61. The highest BCUT2D eigenvalue weighted by molar-refractivity contribution is 7.98. The summed E-state index contributed by atoms with van der Waals surface area (Å²) in [6.07, 6.45) is 8.26. The van der Waals surface area contributed by atoms with Crippen molar-refractivity contribution < 1.29 is 0 Å². The molecule has 0 bridgehead atoms. The van der Waals surface area contributed by atoms with Gasteiger partial charge in [0, 0.05) is 9.92 Å². The number of nitriles is 1. The van der Waals surface area contributed by atoms with Crippen molar-refractivity contribution in [1.82, 2.24) is 0 Å². The molecule has 0 fully saturated rings. The number of hydrogen-bond acceptors (Lipinski definition) is 2. The second-order valence-electron chi connectivity index (χ2n) is 4.95. The van der Waals surface area contributed by atoms with Crippen molar-refractivity contribution in [2.24, 2.45) is 0 Å². The van der Waals surface area contributed by atoms with Gasteiger partial charge in [0.15, 0.2) is 0 Å². The first-order valence-electron chi connectivity index (χ1n) is 6.81. The zero-order chi connectivity index (χ0) is 14.8. The lowest BCUT2D eigenvalue weighted by Gasteiger charge is -2.19. The normalized spacial score (nSPS) is 12.8. The molecule has 1 aliphatic rings. The third-order valence-electron chi connectivity index (χ3n) is 3.77. The number of thioether (sulfide) groups is 1. The Morgan fingerprint density at radius 2 is 2.00 bits per heavy atom. The molecule has 104 valence electrons. The molecule has 1 nitrogen and oxygen atoms in total. The molecule has 0 unspecified atom stereocenters. The molecule has 0 aromatic heterocycles. The van der Waals surface area contributed by atoms with Crippen molar-refractivity contribution in [3.05, 3.63) is 58.1 Å². The van der Waals surface area contributed by atoms with Crippen molar-refractivity contribution >= 4 is 29.4 Å². The first kappa shape index (κ1) is 14.3. The fourth-order valence-corrected chi connectivity index (χ4v) is 3.49. The second-order valence-corrected chi connectivity index (χ2v) is 6.24. The van der Waals surface area contributed by atoms with Gasteiger partial charge in [0.25, 0.3) is 0 Å². The lowest BCUT2D eigenvalue weighted by Crippen LogP contribution is -2.02. The van der Waals surface area contributed by atoms with Gasteiger partial charge >= 0.3 is 0 Å². The van der Waals surface area contributed by atoms with E-state index in [-0.39, 0.29) is 0 Å². The number of hydrogen-bond donors (Lipinski definition) is 0. The predicted molar refractivity (Wildman–Crippen MR) is 90.7 cm³/mol. The highest BCUT2D eigenvalue weighted by Gasteiger charge is 2.18. The molecule has 2 aromatic rings. The molecule has 1 aliphatic carbocycles. The highest BCUT2D eigenvalue weighted by atomic mass is 35.5. The lowest BCUT2D eigenvalue weighted by molar-refractivity contribution is 0.981. The molecule has 0 saturated heterocycles.